The molecule has 0 saturated heterocycles. The van der Waals surface area contributed by atoms with E-state index in [1.54, 1.807) is 0 Å². The van der Waals surface area contributed by atoms with Gasteiger partial charge in [-0.15, -0.1) is 0 Å². The molecule has 1 aromatic rings. The maximum atomic E-state index is 4.49. The van der Waals surface area contributed by atoms with Crippen LogP contribution in [0, 0.1) is 0 Å². The van der Waals surface area contributed by atoms with Crippen molar-refractivity contribution in [2.24, 2.45) is 4.99 Å². The summed E-state index contributed by atoms with van der Waals surface area (Å²) in [7, 11) is 0. The number of hydrogen-bond acceptors (Lipinski definition) is 4. The fourth-order valence-electron chi connectivity index (χ4n) is 2.44. The van der Waals surface area contributed by atoms with Gasteiger partial charge in [0, 0.05) is 18.8 Å². The van der Waals surface area contributed by atoms with E-state index in [4.69, 9.17) is 0 Å². The average molecular weight is 298 g/mol. The molecule has 4 nitrogen and oxygen atoms in total. The van der Waals surface area contributed by atoms with Crippen LogP contribution >= 0.6 is 0 Å². The minimum absolute atomic E-state index is 0.0793. The summed E-state index contributed by atoms with van der Waals surface area (Å²) >= 11 is 0. The van der Waals surface area contributed by atoms with Gasteiger partial charge in [0.15, 0.2) is 0 Å². The van der Waals surface area contributed by atoms with Crippen molar-refractivity contribution in [3.05, 3.63) is 59.7 Å². The monoisotopic (exact) mass is 298 g/mol. The Morgan fingerprint density at radius 2 is 2.09 bits per heavy atom. The zero-order valence-electron chi connectivity index (χ0n) is 13.8. The van der Waals surface area contributed by atoms with Crippen LogP contribution in [-0.2, 0) is 6.54 Å². The molecule has 2 N–H and O–H groups in total. The highest BCUT2D eigenvalue weighted by Crippen LogP contribution is 2.16. The summed E-state index contributed by atoms with van der Waals surface area (Å²) in [5, 5.41) is 6.92. The first-order chi connectivity index (χ1) is 10.6. The molecule has 1 aliphatic rings. The van der Waals surface area contributed by atoms with Gasteiger partial charge in [0.2, 0.25) is 0 Å². The Kier molecular flexibility index (Phi) is 5.64. The van der Waals surface area contributed by atoms with Gasteiger partial charge in [-0.25, -0.2) is 0 Å². The number of allylic oxidation sites excluding steroid dienone is 2. The second-order valence-electron chi connectivity index (χ2n) is 5.58. The number of nitrogens with one attached hydrogen (secondary N) is 2. The van der Waals surface area contributed by atoms with Crippen LogP contribution in [0.4, 0.5) is 0 Å². The smallest absolute Gasteiger partial charge is 0.127 e. The van der Waals surface area contributed by atoms with Gasteiger partial charge in [0.1, 0.15) is 12.0 Å². The third-order valence-electron chi connectivity index (χ3n) is 3.54. The number of hydrogen-bond donors (Lipinski definition) is 2. The van der Waals surface area contributed by atoms with E-state index in [1.807, 2.05) is 26.1 Å². The normalized spacial score (nSPS) is 17.1. The quantitative estimate of drug-likeness (QED) is 0.812. The van der Waals surface area contributed by atoms with E-state index in [-0.39, 0.29) is 6.17 Å². The van der Waals surface area contributed by atoms with Crippen molar-refractivity contribution < 1.29 is 0 Å². The highest BCUT2D eigenvalue weighted by Gasteiger charge is 2.18. The van der Waals surface area contributed by atoms with Gasteiger partial charge in [0.05, 0.1) is 11.9 Å². The highest BCUT2D eigenvalue weighted by molar-refractivity contribution is 5.80. The zero-order valence-corrected chi connectivity index (χ0v) is 13.8. The fourth-order valence-corrected chi connectivity index (χ4v) is 2.44. The van der Waals surface area contributed by atoms with E-state index in [0.29, 0.717) is 0 Å². The molecule has 2 rings (SSSR count). The van der Waals surface area contributed by atoms with Crippen LogP contribution < -0.4 is 10.6 Å². The molecule has 118 valence electrons. The highest BCUT2D eigenvalue weighted by atomic mass is 15.3. The second kappa shape index (κ2) is 7.69. The van der Waals surface area contributed by atoms with Crippen molar-refractivity contribution in [2.75, 3.05) is 6.54 Å². The molecule has 1 aliphatic heterocycles. The molecule has 1 heterocycles. The molecule has 1 aromatic carbocycles. The number of nitrogens with zero attached hydrogens (tertiary/aromatic N) is 2. The lowest BCUT2D eigenvalue weighted by Gasteiger charge is -2.31. The summed E-state index contributed by atoms with van der Waals surface area (Å²) in [5.41, 5.74) is 3.34. The van der Waals surface area contributed by atoms with Crippen molar-refractivity contribution in [1.82, 2.24) is 15.5 Å². The summed E-state index contributed by atoms with van der Waals surface area (Å²) in [6.45, 7) is 12.1. The first-order valence-corrected chi connectivity index (χ1v) is 7.86. The lowest BCUT2D eigenvalue weighted by Crippen LogP contribution is -2.40. The van der Waals surface area contributed by atoms with Gasteiger partial charge in [-0.2, -0.15) is 0 Å². The summed E-state index contributed by atoms with van der Waals surface area (Å²) in [4.78, 5) is 6.69. The SMILES string of the molecule is C=C(C)N(CCC)C1=C(NCc2ccccc2)NC(C)N=C1. The van der Waals surface area contributed by atoms with Gasteiger partial charge in [0.25, 0.3) is 0 Å². The van der Waals surface area contributed by atoms with Crippen LogP contribution in [0.3, 0.4) is 0 Å². The number of aliphatic imine (C=N–C) groups is 1. The number of benzene rings is 1. The molecule has 1 atom stereocenters. The standard InChI is InChI=1S/C18H26N4/c1-5-11-22(14(2)3)17-13-19-15(4)21-18(17)20-12-16-9-7-6-8-10-16/h6-10,13,15,20-21H,2,5,11-12H2,1,3-4H3. The maximum Gasteiger partial charge on any atom is 0.127 e. The van der Waals surface area contributed by atoms with E-state index in [2.05, 4.69) is 58.3 Å². The lowest BCUT2D eigenvalue weighted by molar-refractivity contribution is 0.422. The molecular weight excluding hydrogens is 272 g/mol. The largest absolute Gasteiger partial charge is 0.366 e. The Labute approximate surface area is 133 Å². The first kappa shape index (κ1) is 16.1. The molecule has 0 spiro atoms. The molecule has 0 aromatic heterocycles. The molecule has 0 saturated carbocycles. The van der Waals surface area contributed by atoms with Crippen LogP contribution in [0.25, 0.3) is 0 Å². The zero-order chi connectivity index (χ0) is 15.9. The Morgan fingerprint density at radius 1 is 1.36 bits per heavy atom. The topological polar surface area (TPSA) is 39.7 Å². The summed E-state index contributed by atoms with van der Waals surface area (Å²) < 4.78 is 0. The van der Waals surface area contributed by atoms with Crippen molar-refractivity contribution in [2.45, 2.75) is 39.9 Å². The van der Waals surface area contributed by atoms with E-state index in [0.717, 1.165) is 36.7 Å². The van der Waals surface area contributed by atoms with E-state index < -0.39 is 0 Å². The van der Waals surface area contributed by atoms with E-state index in [9.17, 15) is 0 Å². The first-order valence-electron chi connectivity index (χ1n) is 7.86. The third-order valence-corrected chi connectivity index (χ3v) is 3.54. The molecule has 4 heteroatoms. The minimum atomic E-state index is 0.0793. The Bertz CT molecular complexity index is 560. The minimum Gasteiger partial charge on any atom is -0.366 e. The van der Waals surface area contributed by atoms with Gasteiger partial charge in [-0.3, -0.25) is 4.99 Å². The average Bonchev–Trinajstić information content (AvgIpc) is 2.52. The maximum absolute atomic E-state index is 4.49. The van der Waals surface area contributed by atoms with Crippen LogP contribution in [0.1, 0.15) is 32.8 Å². The predicted octanol–water partition coefficient (Wildman–Crippen LogP) is 3.21. The summed E-state index contributed by atoms with van der Waals surface area (Å²) in [5.74, 6) is 1.02. The van der Waals surface area contributed by atoms with Gasteiger partial charge in [-0.05, 0) is 25.8 Å². The van der Waals surface area contributed by atoms with Crippen LogP contribution in [0.15, 0.2) is 59.1 Å². The van der Waals surface area contributed by atoms with Gasteiger partial charge >= 0.3 is 0 Å². The Balaban J connectivity index is 2.20. The Morgan fingerprint density at radius 3 is 2.73 bits per heavy atom. The number of rotatable bonds is 7. The molecule has 1 unspecified atom stereocenters. The van der Waals surface area contributed by atoms with Gasteiger partial charge < -0.3 is 15.5 Å². The molecule has 0 fully saturated rings. The van der Waals surface area contributed by atoms with Crippen molar-refractivity contribution >= 4 is 6.21 Å². The lowest BCUT2D eigenvalue weighted by atomic mass is 10.2. The van der Waals surface area contributed by atoms with E-state index in [1.165, 1.54) is 5.56 Å². The molecule has 0 aliphatic carbocycles. The van der Waals surface area contributed by atoms with Crippen LogP contribution in [-0.4, -0.2) is 23.8 Å². The van der Waals surface area contributed by atoms with Crippen molar-refractivity contribution in [3.63, 3.8) is 0 Å². The second-order valence-corrected chi connectivity index (χ2v) is 5.58. The molecule has 0 amide bonds. The van der Waals surface area contributed by atoms with E-state index >= 15 is 0 Å². The molecule has 0 radical (unpaired) electrons. The van der Waals surface area contributed by atoms with Crippen molar-refractivity contribution in [1.29, 1.82) is 0 Å². The van der Waals surface area contributed by atoms with Crippen molar-refractivity contribution in [3.8, 4) is 0 Å². The predicted molar refractivity (Wildman–Crippen MR) is 93.2 cm³/mol. The third kappa shape index (κ3) is 4.13. The Hall–Kier alpha value is -2.23. The molecular formula is C18H26N4. The summed E-state index contributed by atoms with van der Waals surface area (Å²) in [6, 6.07) is 10.4. The van der Waals surface area contributed by atoms with Gasteiger partial charge in [-0.1, -0.05) is 43.8 Å². The van der Waals surface area contributed by atoms with Crippen LogP contribution in [0.5, 0.6) is 0 Å². The summed E-state index contributed by atoms with van der Waals surface area (Å²) in [6.07, 6.45) is 3.08. The molecule has 22 heavy (non-hydrogen) atoms. The van der Waals surface area contributed by atoms with Crippen LogP contribution in [0.2, 0.25) is 0 Å². The fraction of sp³-hybridized carbons (Fsp3) is 0.389. The molecule has 0 bridgehead atoms.